The minimum atomic E-state index is -0.877. The van der Waals surface area contributed by atoms with Crippen molar-refractivity contribution in [2.45, 2.75) is 6.92 Å². The van der Waals surface area contributed by atoms with Crippen LogP contribution in [-0.4, -0.2) is 11.1 Å². The van der Waals surface area contributed by atoms with E-state index in [1.807, 2.05) is 0 Å². The van der Waals surface area contributed by atoms with Crippen molar-refractivity contribution in [1.29, 1.82) is 0 Å². The van der Waals surface area contributed by atoms with E-state index in [-0.39, 0.29) is 22.4 Å². The van der Waals surface area contributed by atoms with Crippen molar-refractivity contribution in [2.24, 2.45) is 0 Å². The molecule has 0 aromatic heterocycles. The predicted octanol–water partition coefficient (Wildman–Crippen LogP) is 3.27. The van der Waals surface area contributed by atoms with Crippen LogP contribution < -0.4 is 15.9 Å². The summed E-state index contributed by atoms with van der Waals surface area (Å²) in [4.78, 5) is 9.00. The van der Waals surface area contributed by atoms with E-state index in [0.29, 0.717) is 0 Å². The minimum absolute atomic E-state index is 0. The maximum Gasteiger partial charge on any atom is 0.300 e. The molecule has 3 aromatic carbocycles. The van der Waals surface area contributed by atoms with Crippen LogP contribution in [0.15, 0.2) is 91.0 Å². The van der Waals surface area contributed by atoms with E-state index in [1.54, 1.807) is 0 Å². The number of hydrogen-bond acceptors (Lipinski definition) is 1. The number of aliphatic carboxylic acids is 1. The van der Waals surface area contributed by atoms with Gasteiger partial charge in [0.05, 0.1) is 7.92 Å². The van der Waals surface area contributed by atoms with Gasteiger partial charge in [-0.15, -0.1) is 0 Å². The molecule has 127 valence electrons. The SMILES string of the molecule is CC(=O)O.[Au].c1ccc([PH+](c2ccccc2)c2ccccc2)cc1. The fourth-order valence-corrected chi connectivity index (χ4v) is 4.89. The van der Waals surface area contributed by atoms with Crippen LogP contribution in [-0.2, 0) is 27.2 Å². The zero-order valence-electron chi connectivity index (χ0n) is 13.3. The second kappa shape index (κ2) is 11.0. The number of hydrogen-bond donors (Lipinski definition) is 1. The molecule has 0 aliphatic heterocycles. The third-order valence-electron chi connectivity index (χ3n) is 3.19. The molecular weight excluding hydrogens is 500 g/mol. The van der Waals surface area contributed by atoms with Gasteiger partial charge in [0.1, 0.15) is 15.9 Å². The molecular formula is C20H20AuO2P+. The van der Waals surface area contributed by atoms with Crippen LogP contribution in [0.1, 0.15) is 6.92 Å². The molecule has 0 saturated heterocycles. The summed E-state index contributed by atoms with van der Waals surface area (Å²) in [6.07, 6.45) is 0. The molecule has 0 amide bonds. The van der Waals surface area contributed by atoms with Crippen LogP contribution in [0, 0.1) is 0 Å². The average Bonchev–Trinajstić information content (AvgIpc) is 2.58. The molecule has 1 N–H and O–H groups in total. The van der Waals surface area contributed by atoms with Crippen molar-refractivity contribution in [3.8, 4) is 0 Å². The Labute approximate surface area is 159 Å². The third-order valence-corrected chi connectivity index (χ3v) is 5.92. The zero-order valence-corrected chi connectivity index (χ0v) is 16.5. The van der Waals surface area contributed by atoms with Gasteiger partial charge in [-0.25, -0.2) is 0 Å². The summed E-state index contributed by atoms with van der Waals surface area (Å²) in [6, 6.07) is 32.5. The van der Waals surface area contributed by atoms with E-state index in [0.717, 1.165) is 6.92 Å². The molecule has 0 spiro atoms. The summed E-state index contributed by atoms with van der Waals surface area (Å²) < 4.78 is 0. The van der Waals surface area contributed by atoms with Crippen molar-refractivity contribution in [2.75, 3.05) is 0 Å². The first-order chi connectivity index (χ1) is 11.2. The molecule has 0 fully saturated rings. The second-order valence-electron chi connectivity index (χ2n) is 4.99. The van der Waals surface area contributed by atoms with Crippen molar-refractivity contribution in [3.63, 3.8) is 0 Å². The average molecular weight is 520 g/mol. The van der Waals surface area contributed by atoms with Crippen LogP contribution in [0.3, 0.4) is 0 Å². The fourth-order valence-electron chi connectivity index (χ4n) is 2.31. The van der Waals surface area contributed by atoms with Gasteiger partial charge in [-0.3, -0.25) is 4.79 Å². The van der Waals surface area contributed by atoms with E-state index in [9.17, 15) is 0 Å². The number of carboxylic acids is 1. The normalized spacial score (nSPS) is 9.42. The number of benzene rings is 3. The van der Waals surface area contributed by atoms with Gasteiger partial charge in [0.15, 0.2) is 0 Å². The monoisotopic (exact) mass is 520 g/mol. The van der Waals surface area contributed by atoms with Gasteiger partial charge >= 0.3 is 0 Å². The van der Waals surface area contributed by atoms with Crippen LogP contribution in [0.25, 0.3) is 0 Å². The molecule has 0 aliphatic carbocycles. The van der Waals surface area contributed by atoms with E-state index in [2.05, 4.69) is 91.0 Å². The molecule has 0 heterocycles. The Morgan fingerprint density at radius 3 is 1.08 bits per heavy atom. The summed E-state index contributed by atoms with van der Waals surface area (Å²) in [5.41, 5.74) is 0. The fraction of sp³-hybridized carbons (Fsp3) is 0.0500. The predicted molar refractivity (Wildman–Crippen MR) is 99.9 cm³/mol. The van der Waals surface area contributed by atoms with E-state index < -0.39 is 13.9 Å². The Hall–Kier alpha value is -1.70. The topological polar surface area (TPSA) is 37.3 Å². The van der Waals surface area contributed by atoms with Gasteiger partial charge in [-0.05, 0) is 36.4 Å². The van der Waals surface area contributed by atoms with Gasteiger partial charge in [0.25, 0.3) is 5.97 Å². The van der Waals surface area contributed by atoms with Gasteiger partial charge in [-0.2, -0.15) is 0 Å². The quantitative estimate of drug-likeness (QED) is 0.426. The van der Waals surface area contributed by atoms with E-state index >= 15 is 0 Å². The van der Waals surface area contributed by atoms with Gasteiger partial charge in [0.2, 0.25) is 0 Å². The van der Waals surface area contributed by atoms with Crippen LogP contribution >= 0.6 is 7.92 Å². The van der Waals surface area contributed by atoms with Crippen molar-refractivity contribution >= 4 is 29.8 Å². The summed E-state index contributed by atoms with van der Waals surface area (Å²) in [5.74, 6) is -0.833. The third kappa shape index (κ3) is 6.43. The van der Waals surface area contributed by atoms with Crippen LogP contribution in [0.2, 0.25) is 0 Å². The van der Waals surface area contributed by atoms with E-state index in [4.69, 9.17) is 9.90 Å². The standard InChI is InChI=1S/C18H15P.C2H4O2.Au/c1-4-10-16(11-5-1)19(17-12-6-2-7-13-17)18-14-8-3-9-15-18;1-2(3)4;/h1-15H;1H3,(H,3,4);/p+1. The summed E-state index contributed by atoms with van der Waals surface area (Å²) in [5, 5.41) is 11.7. The second-order valence-corrected chi connectivity index (χ2v) is 7.47. The van der Waals surface area contributed by atoms with E-state index in [1.165, 1.54) is 15.9 Å². The van der Waals surface area contributed by atoms with Gasteiger partial charge in [0, 0.05) is 29.3 Å². The molecule has 3 rings (SSSR count). The number of carbonyl (C=O) groups is 1. The Balaban J connectivity index is 0.000000522. The van der Waals surface area contributed by atoms with Gasteiger partial charge < -0.3 is 5.11 Å². The summed E-state index contributed by atoms with van der Waals surface area (Å²) in [7, 11) is -0.877. The maximum absolute atomic E-state index is 9.00. The van der Waals surface area contributed by atoms with Gasteiger partial charge in [-0.1, -0.05) is 54.6 Å². The molecule has 2 nitrogen and oxygen atoms in total. The van der Waals surface area contributed by atoms with Crippen LogP contribution in [0.4, 0.5) is 0 Å². The molecule has 0 atom stereocenters. The molecule has 1 radical (unpaired) electrons. The van der Waals surface area contributed by atoms with Crippen molar-refractivity contribution < 1.29 is 32.3 Å². The molecule has 0 bridgehead atoms. The molecule has 24 heavy (non-hydrogen) atoms. The first-order valence-corrected chi connectivity index (χ1v) is 8.91. The first kappa shape index (κ1) is 20.3. The summed E-state index contributed by atoms with van der Waals surface area (Å²) in [6.45, 7) is 1.08. The summed E-state index contributed by atoms with van der Waals surface area (Å²) >= 11 is 0. The minimum Gasteiger partial charge on any atom is -0.481 e. The first-order valence-electron chi connectivity index (χ1n) is 7.41. The maximum atomic E-state index is 9.00. The Bertz CT molecular complexity index is 620. The van der Waals surface area contributed by atoms with Crippen molar-refractivity contribution in [1.82, 2.24) is 0 Å². The van der Waals surface area contributed by atoms with Crippen LogP contribution in [0.5, 0.6) is 0 Å². The Kier molecular flexibility index (Phi) is 9.29. The molecule has 3 aromatic rings. The smallest absolute Gasteiger partial charge is 0.300 e. The number of rotatable bonds is 3. The molecule has 0 aliphatic rings. The Morgan fingerprint density at radius 1 is 0.667 bits per heavy atom. The molecule has 0 unspecified atom stereocenters. The Morgan fingerprint density at radius 2 is 0.875 bits per heavy atom. The molecule has 4 heteroatoms. The molecule has 0 saturated carbocycles. The zero-order chi connectivity index (χ0) is 16.5. The largest absolute Gasteiger partial charge is 0.481 e. The number of carboxylic acid groups (broad SMARTS) is 1. The van der Waals surface area contributed by atoms with Crippen molar-refractivity contribution in [3.05, 3.63) is 91.0 Å².